The Balaban J connectivity index is 1.92. The van der Waals surface area contributed by atoms with Gasteiger partial charge in [0, 0.05) is 18.5 Å². The van der Waals surface area contributed by atoms with Gasteiger partial charge in [-0.05, 0) is 24.6 Å². The molecule has 3 rings (SSSR count). The fourth-order valence-corrected chi connectivity index (χ4v) is 3.72. The monoisotopic (exact) mass is 521 g/mol. The number of carbonyl (C=O) groups excluding carboxylic acids is 2. The Morgan fingerprint density at radius 3 is 2.23 bits per heavy atom. The van der Waals surface area contributed by atoms with Gasteiger partial charge in [0.25, 0.3) is 5.91 Å². The Kier molecular flexibility index (Phi) is 7.15. The molecule has 2 heterocycles. The molecule has 0 bridgehead atoms. The number of rotatable bonds is 6. The van der Waals surface area contributed by atoms with Gasteiger partial charge in [-0.2, -0.15) is 31.4 Å². The van der Waals surface area contributed by atoms with Crippen molar-refractivity contribution in [2.75, 3.05) is 7.11 Å². The molecular weight excluding hydrogens is 504 g/mol. The lowest BCUT2D eigenvalue weighted by Gasteiger charge is -2.16. The van der Waals surface area contributed by atoms with Crippen LogP contribution >= 0.6 is 11.3 Å². The van der Waals surface area contributed by atoms with Gasteiger partial charge in [-0.3, -0.25) is 4.79 Å². The number of hydrogen-bond donors (Lipinski definition) is 1. The largest absolute Gasteiger partial charge is 0.465 e. The van der Waals surface area contributed by atoms with Crippen LogP contribution in [0.3, 0.4) is 0 Å². The molecule has 0 aliphatic rings. The number of thiophene rings is 1. The Labute approximate surface area is 198 Å². The first-order chi connectivity index (χ1) is 16.2. The number of ether oxygens (including phenoxy) is 2. The fraction of sp³-hybridized carbons (Fsp3) is 0.286. The summed E-state index contributed by atoms with van der Waals surface area (Å²) in [5, 5.41) is 6.66. The van der Waals surface area contributed by atoms with Gasteiger partial charge in [-0.25, -0.2) is 9.48 Å². The average molecular weight is 521 g/mol. The predicted octanol–water partition coefficient (Wildman–Crippen LogP) is 5.59. The van der Waals surface area contributed by atoms with E-state index in [0.29, 0.717) is 16.3 Å². The molecule has 1 N–H and O–H groups in total. The molecule has 0 saturated heterocycles. The molecule has 0 aliphatic heterocycles. The molecule has 14 heteroatoms. The van der Waals surface area contributed by atoms with Crippen LogP contribution in [0, 0.1) is 0 Å². The van der Waals surface area contributed by atoms with Crippen molar-refractivity contribution in [2.45, 2.75) is 25.3 Å². The third kappa shape index (κ3) is 5.75. The summed E-state index contributed by atoms with van der Waals surface area (Å²) in [5.74, 6) is -2.90. The Bertz CT molecular complexity index is 1230. The van der Waals surface area contributed by atoms with Crippen molar-refractivity contribution in [2.24, 2.45) is 7.05 Å². The van der Waals surface area contributed by atoms with E-state index in [1.165, 1.54) is 38.3 Å². The van der Waals surface area contributed by atoms with Crippen LogP contribution in [-0.4, -0.2) is 28.8 Å². The average Bonchev–Trinajstić information content (AvgIpc) is 3.38. The molecular formula is C21H17F6N3O4S. The number of aromatic nitrogens is 2. The number of hydrogen-bond acceptors (Lipinski definition) is 6. The van der Waals surface area contributed by atoms with Gasteiger partial charge in [-0.1, -0.05) is 12.1 Å². The van der Waals surface area contributed by atoms with Crippen molar-refractivity contribution < 1.29 is 45.4 Å². The highest BCUT2D eigenvalue weighted by molar-refractivity contribution is 7.10. The van der Waals surface area contributed by atoms with Crippen LogP contribution in [0.15, 0.2) is 35.7 Å². The molecule has 7 nitrogen and oxygen atoms in total. The molecule has 2 aromatic heterocycles. The molecule has 35 heavy (non-hydrogen) atoms. The lowest BCUT2D eigenvalue weighted by Crippen LogP contribution is -2.28. The summed E-state index contributed by atoms with van der Waals surface area (Å²) in [5.41, 5.74) is -1.87. The van der Waals surface area contributed by atoms with Crippen LogP contribution in [-0.2, 0) is 24.1 Å². The molecule has 0 radical (unpaired) electrons. The third-order valence-electron chi connectivity index (χ3n) is 4.74. The first-order valence-electron chi connectivity index (χ1n) is 9.69. The number of amides is 1. The van der Waals surface area contributed by atoms with Crippen LogP contribution < -0.4 is 10.1 Å². The number of alkyl halides is 6. The van der Waals surface area contributed by atoms with Gasteiger partial charge in [0.2, 0.25) is 5.88 Å². The summed E-state index contributed by atoms with van der Waals surface area (Å²) >= 11 is 0.285. The van der Waals surface area contributed by atoms with Crippen LogP contribution in [0.5, 0.6) is 11.6 Å². The SMILES string of the molecule is COC(=O)c1ccc(C(C)NC(=O)c2c(C(F)(F)F)nn(C)c2Oc2csc(C(F)(F)F)c2)cc1. The summed E-state index contributed by atoms with van der Waals surface area (Å²) in [6.07, 6.45) is -9.72. The van der Waals surface area contributed by atoms with Gasteiger partial charge < -0.3 is 14.8 Å². The summed E-state index contributed by atoms with van der Waals surface area (Å²) in [6, 6.07) is 5.58. The first kappa shape index (κ1) is 26.1. The lowest BCUT2D eigenvalue weighted by atomic mass is 10.1. The van der Waals surface area contributed by atoms with E-state index in [1.807, 2.05) is 0 Å². The van der Waals surface area contributed by atoms with E-state index < -0.39 is 58.0 Å². The second-order valence-corrected chi connectivity index (χ2v) is 8.12. The zero-order chi connectivity index (χ0) is 26.1. The number of nitrogens with zero attached hydrogens (tertiary/aromatic N) is 2. The van der Waals surface area contributed by atoms with Crippen molar-refractivity contribution in [3.63, 3.8) is 0 Å². The molecule has 0 fully saturated rings. The smallest absolute Gasteiger partial charge is 0.436 e. The van der Waals surface area contributed by atoms with Crippen LogP contribution in [0.1, 0.15) is 49.8 Å². The molecule has 1 atom stereocenters. The van der Waals surface area contributed by atoms with Crippen molar-refractivity contribution in [3.8, 4) is 11.6 Å². The van der Waals surface area contributed by atoms with E-state index in [9.17, 15) is 35.9 Å². The molecule has 3 aromatic rings. The van der Waals surface area contributed by atoms with E-state index in [-0.39, 0.29) is 16.9 Å². The Morgan fingerprint density at radius 1 is 1.09 bits per heavy atom. The zero-order valence-electron chi connectivity index (χ0n) is 18.2. The van der Waals surface area contributed by atoms with Crippen molar-refractivity contribution >= 4 is 23.2 Å². The number of halogens is 6. The van der Waals surface area contributed by atoms with Crippen molar-refractivity contribution in [1.29, 1.82) is 0 Å². The second kappa shape index (κ2) is 9.60. The summed E-state index contributed by atoms with van der Waals surface area (Å²) in [6.45, 7) is 1.49. The number of esters is 1. The van der Waals surface area contributed by atoms with Crippen LogP contribution in [0.2, 0.25) is 0 Å². The van der Waals surface area contributed by atoms with Gasteiger partial charge >= 0.3 is 18.3 Å². The first-order valence-corrected chi connectivity index (χ1v) is 10.6. The molecule has 0 aliphatic carbocycles. The van der Waals surface area contributed by atoms with Crippen molar-refractivity contribution in [3.05, 3.63) is 63.0 Å². The zero-order valence-corrected chi connectivity index (χ0v) is 19.1. The Hall–Kier alpha value is -3.55. The number of benzene rings is 1. The normalized spacial score (nSPS) is 12.8. The van der Waals surface area contributed by atoms with Crippen LogP contribution in [0.25, 0.3) is 0 Å². The Morgan fingerprint density at radius 2 is 1.71 bits per heavy atom. The lowest BCUT2D eigenvalue weighted by molar-refractivity contribution is -0.141. The number of methoxy groups -OCH3 is 1. The maximum absolute atomic E-state index is 13.6. The standard InChI is InChI=1S/C21H17F6N3O4S/c1-10(11-4-6-12(7-5-11)19(32)33-3)28-17(31)15-16(21(25,26)27)29-30(2)18(15)34-13-8-14(35-9-13)20(22,23)24/h4-10H,1-3H3,(H,28,31). The van der Waals surface area contributed by atoms with Gasteiger partial charge in [0.05, 0.1) is 18.7 Å². The summed E-state index contributed by atoms with van der Waals surface area (Å²) in [4.78, 5) is 23.4. The van der Waals surface area contributed by atoms with Crippen LogP contribution in [0.4, 0.5) is 26.3 Å². The van der Waals surface area contributed by atoms with E-state index >= 15 is 0 Å². The predicted molar refractivity (Wildman–Crippen MR) is 111 cm³/mol. The number of aryl methyl sites for hydroxylation is 1. The van der Waals surface area contributed by atoms with E-state index in [4.69, 9.17) is 4.74 Å². The van der Waals surface area contributed by atoms with Gasteiger partial charge in [0.1, 0.15) is 16.2 Å². The fourth-order valence-electron chi connectivity index (χ4n) is 3.04. The minimum absolute atomic E-state index is 0.228. The minimum atomic E-state index is -5.05. The summed E-state index contributed by atoms with van der Waals surface area (Å²) in [7, 11) is 2.26. The highest BCUT2D eigenvalue weighted by Crippen LogP contribution is 2.40. The topological polar surface area (TPSA) is 82.5 Å². The van der Waals surface area contributed by atoms with E-state index in [1.54, 1.807) is 0 Å². The minimum Gasteiger partial charge on any atom is -0.465 e. The number of nitrogens with one attached hydrogen (secondary N) is 1. The van der Waals surface area contributed by atoms with E-state index in [0.717, 1.165) is 12.4 Å². The molecule has 1 aromatic carbocycles. The van der Waals surface area contributed by atoms with E-state index in [2.05, 4.69) is 15.2 Å². The third-order valence-corrected chi connectivity index (χ3v) is 5.69. The van der Waals surface area contributed by atoms with Gasteiger partial charge in [-0.15, -0.1) is 11.3 Å². The molecule has 0 spiro atoms. The van der Waals surface area contributed by atoms with Crippen molar-refractivity contribution in [1.82, 2.24) is 15.1 Å². The quantitative estimate of drug-likeness (QED) is 0.338. The molecule has 1 unspecified atom stereocenters. The molecule has 1 amide bonds. The highest BCUT2D eigenvalue weighted by atomic mass is 32.1. The maximum Gasteiger partial charge on any atom is 0.436 e. The summed E-state index contributed by atoms with van der Waals surface area (Å²) < 4.78 is 89.9. The molecule has 188 valence electrons. The maximum atomic E-state index is 13.6. The molecule has 0 saturated carbocycles. The second-order valence-electron chi connectivity index (χ2n) is 7.21. The highest BCUT2D eigenvalue weighted by Gasteiger charge is 2.42. The van der Waals surface area contributed by atoms with Gasteiger partial charge in [0.15, 0.2) is 5.69 Å². The number of carbonyl (C=O) groups is 2.